The molecule has 0 saturated carbocycles. The maximum Gasteiger partial charge on any atom is 0.204 e. The van der Waals surface area contributed by atoms with Crippen molar-refractivity contribution >= 4 is 6.29 Å². The average Bonchev–Trinajstić information content (AvgIpc) is 2.27. The minimum absolute atomic E-state index is 0.326. The zero-order chi connectivity index (χ0) is 12.3. The topological polar surface area (TPSA) is 17.1 Å². The first-order valence-corrected chi connectivity index (χ1v) is 6.31. The van der Waals surface area contributed by atoms with Gasteiger partial charge in [-0.25, -0.2) is 0 Å². The highest BCUT2D eigenvalue weighted by Crippen LogP contribution is 2.17. The molecule has 1 nitrogen and oxygen atoms in total. The van der Waals surface area contributed by atoms with Crippen LogP contribution in [0.1, 0.15) is 59.3 Å². The van der Waals surface area contributed by atoms with Gasteiger partial charge in [-0.1, -0.05) is 57.9 Å². The van der Waals surface area contributed by atoms with Gasteiger partial charge in [-0.15, -0.1) is 0 Å². The Kier molecular flexibility index (Phi) is 8.88. The summed E-state index contributed by atoms with van der Waals surface area (Å²) in [5.41, 5.74) is -0.326. The average molecular weight is 221 g/mol. The molecule has 0 aromatic heterocycles. The Balaban J connectivity index is 3.48. The predicted molar refractivity (Wildman–Crippen MR) is 71.1 cm³/mol. The summed E-state index contributed by atoms with van der Waals surface area (Å²) in [6.45, 7) is 6.03. The number of rotatable bonds is 9. The van der Waals surface area contributed by atoms with Crippen molar-refractivity contribution in [2.75, 3.05) is 0 Å². The van der Waals surface area contributed by atoms with E-state index >= 15 is 0 Å². The van der Waals surface area contributed by atoms with Crippen LogP contribution in [0.25, 0.3) is 0 Å². The second-order valence-electron chi connectivity index (χ2n) is 4.85. The van der Waals surface area contributed by atoms with Crippen LogP contribution >= 0.6 is 0 Å². The fourth-order valence-electron chi connectivity index (χ4n) is 1.29. The smallest absolute Gasteiger partial charge is 0.204 e. The Bertz CT molecular complexity index is 224. The zero-order valence-corrected chi connectivity index (χ0v) is 11.0. The molecule has 0 saturated heterocycles. The molecule has 0 N–H and O–H groups in total. The summed E-state index contributed by atoms with van der Waals surface area (Å²) in [5, 5.41) is 0. The molecule has 0 aromatic carbocycles. The third-order valence-corrected chi connectivity index (χ3v) is 2.46. The van der Waals surface area contributed by atoms with E-state index in [-0.39, 0.29) is 5.41 Å². The van der Waals surface area contributed by atoms with Crippen molar-refractivity contribution in [3.8, 4) is 0 Å². The molecule has 0 unspecified atom stereocenters. The minimum atomic E-state index is -0.326. The van der Waals surface area contributed by atoms with Gasteiger partial charge in [0.1, 0.15) is 0 Å². The van der Waals surface area contributed by atoms with Crippen LogP contribution in [0.5, 0.6) is 0 Å². The highest BCUT2D eigenvalue weighted by Gasteiger charge is 2.14. The lowest BCUT2D eigenvalue weighted by Crippen LogP contribution is -2.10. The van der Waals surface area contributed by atoms with Gasteiger partial charge in [0.25, 0.3) is 0 Å². The lowest BCUT2D eigenvalue weighted by molar-refractivity contribution is 0.454. The van der Waals surface area contributed by atoms with Gasteiger partial charge in [-0.05, 0) is 25.7 Å². The quantitative estimate of drug-likeness (QED) is 0.411. The Labute approximate surface area is 101 Å². The largest absolute Gasteiger partial charge is 0.290 e. The van der Waals surface area contributed by atoms with Gasteiger partial charge in [-0.3, -0.25) is 4.79 Å². The van der Waals surface area contributed by atoms with E-state index in [9.17, 15) is 4.79 Å². The first kappa shape index (κ1) is 15.2. The Hall–Kier alpha value is -0.850. The summed E-state index contributed by atoms with van der Waals surface area (Å²) in [6, 6.07) is 0. The van der Waals surface area contributed by atoms with Crippen molar-refractivity contribution in [3.63, 3.8) is 0 Å². The van der Waals surface area contributed by atoms with Crippen molar-refractivity contribution in [2.45, 2.75) is 59.3 Å². The number of carbonyl (C=O) groups excluding carboxylic acids is 1. The summed E-state index contributed by atoms with van der Waals surface area (Å²) in [4.78, 5) is 10.5. The fraction of sp³-hybridized carbons (Fsp3) is 0.667. The number of hydrogen-bond donors (Lipinski definition) is 0. The summed E-state index contributed by atoms with van der Waals surface area (Å²) >= 11 is 0. The van der Waals surface area contributed by atoms with Gasteiger partial charge in [0.15, 0.2) is 0 Å². The molecule has 0 aromatic rings. The van der Waals surface area contributed by atoms with Gasteiger partial charge < -0.3 is 0 Å². The monoisotopic (exact) mass is 221 g/mol. The standard InChI is InChI=1S/C15H25O/c1-4-5-6-7-8-9-10-11-12-13-15(2,3)14-16/h7-8,11-12H,4-6,9-10,13H2,1-3H3. The SMILES string of the molecule is CCCCC=CCCC=CCC(C)(C)[C]=O. The molecule has 0 heterocycles. The van der Waals surface area contributed by atoms with Crippen molar-refractivity contribution in [3.05, 3.63) is 24.3 Å². The zero-order valence-electron chi connectivity index (χ0n) is 11.0. The number of hydrogen-bond acceptors (Lipinski definition) is 1. The van der Waals surface area contributed by atoms with Crippen molar-refractivity contribution in [1.29, 1.82) is 0 Å². The maximum atomic E-state index is 10.5. The molecule has 0 aliphatic heterocycles. The molecule has 0 spiro atoms. The second-order valence-corrected chi connectivity index (χ2v) is 4.85. The summed E-state index contributed by atoms with van der Waals surface area (Å²) in [6.07, 6.45) is 17.5. The normalized spacial score (nSPS) is 12.7. The van der Waals surface area contributed by atoms with E-state index in [1.54, 1.807) is 0 Å². The van der Waals surface area contributed by atoms with E-state index in [4.69, 9.17) is 0 Å². The van der Waals surface area contributed by atoms with Gasteiger partial charge in [0.2, 0.25) is 6.29 Å². The molecular weight excluding hydrogens is 196 g/mol. The van der Waals surface area contributed by atoms with Gasteiger partial charge in [0, 0.05) is 5.41 Å². The Morgan fingerprint density at radius 3 is 2.12 bits per heavy atom. The van der Waals surface area contributed by atoms with E-state index in [0.29, 0.717) is 0 Å². The van der Waals surface area contributed by atoms with E-state index in [1.165, 1.54) is 19.3 Å². The molecule has 0 fully saturated rings. The van der Waals surface area contributed by atoms with Crippen LogP contribution in [0.4, 0.5) is 0 Å². The molecule has 0 aliphatic carbocycles. The van der Waals surface area contributed by atoms with Gasteiger partial charge >= 0.3 is 0 Å². The lowest BCUT2D eigenvalue weighted by Gasteiger charge is -2.11. The summed E-state index contributed by atoms with van der Waals surface area (Å²) in [5.74, 6) is 0. The molecule has 0 atom stereocenters. The first-order chi connectivity index (χ1) is 7.62. The highest BCUT2D eigenvalue weighted by atomic mass is 16.1. The maximum absolute atomic E-state index is 10.5. The van der Waals surface area contributed by atoms with E-state index < -0.39 is 0 Å². The summed E-state index contributed by atoms with van der Waals surface area (Å²) < 4.78 is 0. The molecule has 16 heavy (non-hydrogen) atoms. The van der Waals surface area contributed by atoms with Crippen LogP contribution in [0.15, 0.2) is 24.3 Å². The van der Waals surface area contributed by atoms with Crippen molar-refractivity contribution in [2.24, 2.45) is 5.41 Å². The van der Waals surface area contributed by atoms with E-state index in [2.05, 4.69) is 37.5 Å². The van der Waals surface area contributed by atoms with E-state index in [0.717, 1.165) is 19.3 Å². The number of allylic oxidation sites excluding steroid dienone is 4. The van der Waals surface area contributed by atoms with Gasteiger partial charge in [-0.2, -0.15) is 0 Å². The molecule has 1 radical (unpaired) electrons. The van der Waals surface area contributed by atoms with Crippen LogP contribution in [0.2, 0.25) is 0 Å². The Morgan fingerprint density at radius 1 is 1.00 bits per heavy atom. The molecule has 0 aliphatic rings. The van der Waals surface area contributed by atoms with Crippen molar-refractivity contribution in [1.82, 2.24) is 0 Å². The molecule has 0 amide bonds. The fourth-order valence-corrected chi connectivity index (χ4v) is 1.29. The number of unbranched alkanes of at least 4 members (excludes halogenated alkanes) is 3. The molecular formula is C15H25O. The highest BCUT2D eigenvalue weighted by molar-refractivity contribution is 5.59. The Morgan fingerprint density at radius 2 is 1.56 bits per heavy atom. The van der Waals surface area contributed by atoms with E-state index in [1.807, 2.05) is 13.8 Å². The molecule has 1 heteroatoms. The predicted octanol–water partition coefficient (Wildman–Crippen LogP) is 4.60. The lowest BCUT2D eigenvalue weighted by atomic mass is 9.91. The summed E-state index contributed by atoms with van der Waals surface area (Å²) in [7, 11) is 0. The molecule has 91 valence electrons. The third kappa shape index (κ3) is 9.70. The van der Waals surface area contributed by atoms with Crippen LogP contribution < -0.4 is 0 Å². The third-order valence-electron chi connectivity index (χ3n) is 2.46. The van der Waals surface area contributed by atoms with Gasteiger partial charge in [0.05, 0.1) is 0 Å². The van der Waals surface area contributed by atoms with Crippen molar-refractivity contribution < 1.29 is 4.79 Å². The molecule has 0 bridgehead atoms. The minimum Gasteiger partial charge on any atom is -0.290 e. The van der Waals surface area contributed by atoms with Crippen LogP contribution in [0.3, 0.4) is 0 Å². The van der Waals surface area contributed by atoms with Crippen LogP contribution in [-0.4, -0.2) is 6.29 Å². The van der Waals surface area contributed by atoms with Crippen LogP contribution in [0, 0.1) is 5.41 Å². The van der Waals surface area contributed by atoms with Crippen LogP contribution in [-0.2, 0) is 4.79 Å². The second kappa shape index (κ2) is 9.38. The molecule has 0 rings (SSSR count). The first-order valence-electron chi connectivity index (χ1n) is 6.31.